The molecule has 28 heavy (non-hydrogen) atoms. The molecule has 0 aromatic heterocycles. The third-order valence-corrected chi connectivity index (χ3v) is 4.38. The summed E-state index contributed by atoms with van der Waals surface area (Å²) in [6, 6.07) is 0. The number of aliphatic imine (C=N–C) groups is 1. The third-order valence-electron chi connectivity index (χ3n) is 4.38. The molecule has 0 saturated carbocycles. The van der Waals surface area contributed by atoms with E-state index in [9.17, 15) is 4.79 Å². The first kappa shape index (κ1) is 22.1. The van der Waals surface area contributed by atoms with Gasteiger partial charge in [-0.2, -0.15) is 0 Å². The quantitative estimate of drug-likeness (QED) is 0.613. The third kappa shape index (κ3) is 7.41. The number of ether oxygens (including phenoxy) is 3. The molecule has 1 aliphatic carbocycles. The van der Waals surface area contributed by atoms with E-state index in [2.05, 4.69) is 24.1 Å². The zero-order valence-electron chi connectivity index (χ0n) is 17.9. The van der Waals surface area contributed by atoms with Gasteiger partial charge in [0.25, 0.3) is 0 Å². The van der Waals surface area contributed by atoms with Gasteiger partial charge < -0.3 is 19.1 Å². The molecule has 0 spiro atoms. The molecule has 0 fully saturated rings. The van der Waals surface area contributed by atoms with Gasteiger partial charge >= 0.3 is 6.09 Å². The second kappa shape index (κ2) is 10.3. The van der Waals surface area contributed by atoms with Gasteiger partial charge in [-0.25, -0.2) is 9.79 Å². The zero-order chi connectivity index (χ0) is 20.6. The molecule has 2 rings (SSSR count). The smallest absolute Gasteiger partial charge is 0.410 e. The number of nitrogens with zero attached hydrogens (tertiary/aromatic N) is 2. The van der Waals surface area contributed by atoms with Crippen LogP contribution in [0.3, 0.4) is 0 Å². The largest absolute Gasteiger partial charge is 0.494 e. The van der Waals surface area contributed by atoms with Crippen molar-refractivity contribution in [2.24, 2.45) is 10.9 Å². The van der Waals surface area contributed by atoms with E-state index in [0.29, 0.717) is 32.2 Å². The average Bonchev–Trinajstić information content (AvgIpc) is 3.05. The molecule has 0 radical (unpaired) electrons. The monoisotopic (exact) mass is 390 g/mol. The molecule has 0 aromatic rings. The van der Waals surface area contributed by atoms with Crippen molar-refractivity contribution < 1.29 is 19.0 Å². The van der Waals surface area contributed by atoms with Crippen molar-refractivity contribution in [1.29, 1.82) is 0 Å². The van der Waals surface area contributed by atoms with Gasteiger partial charge in [0.1, 0.15) is 18.0 Å². The van der Waals surface area contributed by atoms with Crippen LogP contribution in [-0.4, -0.2) is 55.3 Å². The zero-order valence-corrected chi connectivity index (χ0v) is 17.9. The van der Waals surface area contributed by atoms with Crippen molar-refractivity contribution in [2.45, 2.75) is 53.1 Å². The lowest BCUT2D eigenvalue weighted by molar-refractivity contribution is 0.0245. The van der Waals surface area contributed by atoms with Crippen molar-refractivity contribution in [3.8, 4) is 0 Å². The molecule has 1 heterocycles. The van der Waals surface area contributed by atoms with Gasteiger partial charge in [-0.15, -0.1) is 0 Å². The molecule has 0 aromatic carbocycles. The lowest BCUT2D eigenvalue weighted by Crippen LogP contribution is -2.37. The lowest BCUT2D eigenvalue weighted by Gasteiger charge is -2.27. The van der Waals surface area contributed by atoms with Gasteiger partial charge in [0, 0.05) is 18.7 Å². The van der Waals surface area contributed by atoms with E-state index in [-0.39, 0.29) is 6.09 Å². The van der Waals surface area contributed by atoms with Gasteiger partial charge in [0.05, 0.1) is 13.2 Å². The van der Waals surface area contributed by atoms with E-state index in [0.717, 1.165) is 36.6 Å². The van der Waals surface area contributed by atoms with E-state index in [1.807, 2.05) is 39.8 Å². The second-order valence-electron chi connectivity index (χ2n) is 8.14. The van der Waals surface area contributed by atoms with Crippen LogP contribution < -0.4 is 0 Å². The van der Waals surface area contributed by atoms with E-state index < -0.39 is 5.60 Å². The van der Waals surface area contributed by atoms with Crippen molar-refractivity contribution in [3.63, 3.8) is 0 Å². The maximum Gasteiger partial charge on any atom is 0.410 e. The van der Waals surface area contributed by atoms with Crippen LogP contribution in [0.5, 0.6) is 0 Å². The predicted octanol–water partition coefficient (Wildman–Crippen LogP) is 4.49. The normalized spacial score (nSPS) is 17.7. The van der Waals surface area contributed by atoms with Crippen LogP contribution in [0.15, 0.2) is 40.6 Å². The Morgan fingerprint density at radius 2 is 2.11 bits per heavy atom. The number of carbonyl (C=O) groups is 1. The fourth-order valence-corrected chi connectivity index (χ4v) is 2.79. The summed E-state index contributed by atoms with van der Waals surface area (Å²) in [4.78, 5) is 18.3. The number of hydrogen-bond acceptors (Lipinski definition) is 5. The average molecular weight is 391 g/mol. The molecule has 0 N–H and O–H groups in total. The Morgan fingerprint density at radius 1 is 1.32 bits per heavy atom. The predicted molar refractivity (Wildman–Crippen MR) is 111 cm³/mol. The summed E-state index contributed by atoms with van der Waals surface area (Å²) in [5.41, 5.74) is 0.538. The summed E-state index contributed by atoms with van der Waals surface area (Å²) in [5.74, 6) is 1.90. The first-order valence-electron chi connectivity index (χ1n) is 10.1. The van der Waals surface area contributed by atoms with Crippen LogP contribution in [0, 0.1) is 5.92 Å². The van der Waals surface area contributed by atoms with Crippen molar-refractivity contribution >= 4 is 12.0 Å². The Hall–Kier alpha value is -2.24. The first-order chi connectivity index (χ1) is 13.3. The summed E-state index contributed by atoms with van der Waals surface area (Å²) >= 11 is 0. The maximum absolute atomic E-state index is 12.2. The number of carbonyl (C=O) groups excluding carboxylic acids is 1. The van der Waals surface area contributed by atoms with Gasteiger partial charge in [-0.1, -0.05) is 13.0 Å². The molecule has 6 heteroatoms. The number of amides is 1. The van der Waals surface area contributed by atoms with Crippen LogP contribution in [0.25, 0.3) is 0 Å². The molecule has 1 atom stereocenters. The highest BCUT2D eigenvalue weighted by atomic mass is 16.6. The first-order valence-corrected chi connectivity index (χ1v) is 10.1. The van der Waals surface area contributed by atoms with Crippen molar-refractivity contribution in [1.82, 2.24) is 4.90 Å². The second-order valence-corrected chi connectivity index (χ2v) is 8.14. The maximum atomic E-state index is 12.2. The minimum Gasteiger partial charge on any atom is -0.494 e. The Morgan fingerprint density at radius 3 is 2.75 bits per heavy atom. The number of rotatable bonds is 8. The fraction of sp³-hybridized carbons (Fsp3) is 0.636. The molecule has 0 bridgehead atoms. The minimum absolute atomic E-state index is 0.256. The molecule has 1 aliphatic heterocycles. The Labute approximate surface area is 168 Å². The molecule has 0 saturated heterocycles. The van der Waals surface area contributed by atoms with E-state index in [4.69, 9.17) is 14.2 Å². The van der Waals surface area contributed by atoms with Crippen molar-refractivity contribution in [3.05, 3.63) is 35.6 Å². The Kier molecular flexibility index (Phi) is 8.15. The summed E-state index contributed by atoms with van der Waals surface area (Å²) in [5, 5.41) is 0. The van der Waals surface area contributed by atoms with Crippen LogP contribution in [0.1, 0.15) is 47.5 Å². The number of allylic oxidation sites excluding steroid dienone is 3. The minimum atomic E-state index is -0.473. The summed E-state index contributed by atoms with van der Waals surface area (Å²) in [6.07, 6.45) is 9.51. The molecule has 6 nitrogen and oxygen atoms in total. The molecule has 1 amide bonds. The summed E-state index contributed by atoms with van der Waals surface area (Å²) < 4.78 is 16.9. The standard InChI is InChI=1S/C22H34N2O4/c1-6-24(21(25)28-22(3,4)5)14-12-17(2)16-27-19-9-7-8-18(10-11-19)20-23-13-15-26-20/h8-11,17H,6-7,12-16H2,1-5H3. The van der Waals surface area contributed by atoms with Gasteiger partial charge in [0.2, 0.25) is 5.90 Å². The van der Waals surface area contributed by atoms with Gasteiger partial charge in [-0.3, -0.25) is 0 Å². The molecule has 2 aliphatic rings. The highest BCUT2D eigenvalue weighted by Crippen LogP contribution is 2.17. The summed E-state index contributed by atoms with van der Waals surface area (Å²) in [7, 11) is 0. The highest BCUT2D eigenvalue weighted by Gasteiger charge is 2.21. The topological polar surface area (TPSA) is 60.4 Å². The SMILES string of the molecule is CCN(CCC(C)COC1=CCC=C(C2=NCCO2)C=C1)C(=O)OC(C)(C)C. The van der Waals surface area contributed by atoms with E-state index in [1.165, 1.54) is 0 Å². The van der Waals surface area contributed by atoms with Crippen LogP contribution >= 0.6 is 0 Å². The van der Waals surface area contributed by atoms with E-state index >= 15 is 0 Å². The lowest BCUT2D eigenvalue weighted by atomic mass is 10.1. The summed E-state index contributed by atoms with van der Waals surface area (Å²) in [6.45, 7) is 13.0. The molecular weight excluding hydrogens is 356 g/mol. The van der Waals surface area contributed by atoms with Gasteiger partial charge in [0.15, 0.2) is 0 Å². The van der Waals surface area contributed by atoms with Crippen LogP contribution in [0.2, 0.25) is 0 Å². The number of hydrogen-bond donors (Lipinski definition) is 0. The molecular formula is C22H34N2O4. The highest BCUT2D eigenvalue weighted by molar-refractivity contribution is 5.97. The molecule has 1 unspecified atom stereocenters. The Bertz CT molecular complexity index is 656. The molecule has 156 valence electrons. The van der Waals surface area contributed by atoms with E-state index in [1.54, 1.807) is 4.90 Å². The fourth-order valence-electron chi connectivity index (χ4n) is 2.79. The Balaban J connectivity index is 1.74. The van der Waals surface area contributed by atoms with Gasteiger partial charge in [-0.05, 0) is 64.7 Å². The van der Waals surface area contributed by atoms with Crippen LogP contribution in [0.4, 0.5) is 4.79 Å². The van der Waals surface area contributed by atoms with Crippen molar-refractivity contribution in [2.75, 3.05) is 32.8 Å². The van der Waals surface area contributed by atoms with Crippen LogP contribution in [-0.2, 0) is 14.2 Å².